The van der Waals surface area contributed by atoms with E-state index in [0.717, 1.165) is 21.6 Å². The van der Waals surface area contributed by atoms with Gasteiger partial charge in [-0.3, -0.25) is 0 Å². The first kappa shape index (κ1) is 11.3. The second kappa shape index (κ2) is 5.27. The van der Waals surface area contributed by atoms with Crippen molar-refractivity contribution in [2.24, 2.45) is 0 Å². The molecule has 0 aliphatic carbocycles. The maximum absolute atomic E-state index is 5.16. The van der Waals surface area contributed by atoms with Gasteiger partial charge in [0.1, 0.15) is 5.75 Å². The standard InChI is InChI=1S/C10H10BrN3OS/c1-15-10-3-2-7(4-9(10)11)12-5-8-6-16-14-13-8/h2-4,6,12H,5H2,1H3. The summed E-state index contributed by atoms with van der Waals surface area (Å²) in [7, 11) is 1.65. The normalized spacial score (nSPS) is 10.1. The third-order valence-corrected chi connectivity index (χ3v) is 3.20. The Balaban J connectivity index is 2.02. The van der Waals surface area contributed by atoms with E-state index in [0.29, 0.717) is 6.54 Å². The van der Waals surface area contributed by atoms with Crippen LogP contribution in [0.25, 0.3) is 0 Å². The van der Waals surface area contributed by atoms with E-state index in [1.165, 1.54) is 11.5 Å². The summed E-state index contributed by atoms with van der Waals surface area (Å²) in [5, 5.41) is 9.14. The second-order valence-electron chi connectivity index (χ2n) is 3.10. The second-order valence-corrected chi connectivity index (χ2v) is 4.56. The average molecular weight is 300 g/mol. The summed E-state index contributed by atoms with van der Waals surface area (Å²) in [4.78, 5) is 0. The zero-order valence-corrected chi connectivity index (χ0v) is 11.0. The summed E-state index contributed by atoms with van der Waals surface area (Å²) in [5.41, 5.74) is 1.96. The first-order chi connectivity index (χ1) is 7.79. The molecule has 0 atom stereocenters. The van der Waals surface area contributed by atoms with Crippen molar-refractivity contribution in [2.75, 3.05) is 12.4 Å². The van der Waals surface area contributed by atoms with E-state index in [1.54, 1.807) is 7.11 Å². The van der Waals surface area contributed by atoms with Crippen molar-refractivity contribution in [1.82, 2.24) is 9.59 Å². The maximum Gasteiger partial charge on any atom is 0.133 e. The van der Waals surface area contributed by atoms with Gasteiger partial charge in [-0.05, 0) is 45.7 Å². The number of ether oxygens (including phenoxy) is 1. The number of benzene rings is 1. The Morgan fingerprint density at radius 1 is 1.50 bits per heavy atom. The van der Waals surface area contributed by atoms with Gasteiger partial charge in [-0.15, -0.1) is 5.10 Å². The lowest BCUT2D eigenvalue weighted by atomic mass is 10.3. The Morgan fingerprint density at radius 3 is 3.00 bits per heavy atom. The molecule has 0 radical (unpaired) electrons. The highest BCUT2D eigenvalue weighted by Gasteiger charge is 2.01. The number of nitrogens with one attached hydrogen (secondary N) is 1. The van der Waals surface area contributed by atoms with E-state index in [2.05, 4.69) is 30.8 Å². The Bertz CT molecular complexity index is 461. The number of halogens is 1. The molecule has 0 fully saturated rings. The predicted octanol–water partition coefficient (Wildman–Crippen LogP) is 2.92. The lowest BCUT2D eigenvalue weighted by molar-refractivity contribution is 0.412. The number of hydrogen-bond acceptors (Lipinski definition) is 5. The summed E-state index contributed by atoms with van der Waals surface area (Å²) < 4.78 is 9.88. The van der Waals surface area contributed by atoms with Crippen molar-refractivity contribution in [3.63, 3.8) is 0 Å². The monoisotopic (exact) mass is 299 g/mol. The van der Waals surface area contributed by atoms with Crippen LogP contribution in [0.3, 0.4) is 0 Å². The molecule has 1 aromatic heterocycles. The molecule has 4 nitrogen and oxygen atoms in total. The van der Waals surface area contributed by atoms with Crippen LogP contribution in [-0.4, -0.2) is 16.7 Å². The van der Waals surface area contributed by atoms with E-state index in [9.17, 15) is 0 Å². The minimum Gasteiger partial charge on any atom is -0.496 e. The minimum atomic E-state index is 0.676. The fraction of sp³-hybridized carbons (Fsp3) is 0.200. The van der Waals surface area contributed by atoms with Gasteiger partial charge in [0.25, 0.3) is 0 Å². The van der Waals surface area contributed by atoms with Gasteiger partial charge in [0.05, 0.1) is 23.8 Å². The van der Waals surface area contributed by atoms with Crippen molar-refractivity contribution in [2.45, 2.75) is 6.54 Å². The van der Waals surface area contributed by atoms with Crippen LogP contribution in [0.5, 0.6) is 5.75 Å². The first-order valence-electron chi connectivity index (χ1n) is 4.63. The number of nitrogens with zero attached hydrogens (tertiary/aromatic N) is 2. The summed E-state index contributed by atoms with van der Waals surface area (Å²) >= 11 is 4.79. The van der Waals surface area contributed by atoms with E-state index in [-0.39, 0.29) is 0 Å². The smallest absolute Gasteiger partial charge is 0.133 e. The molecule has 0 aliphatic heterocycles. The largest absolute Gasteiger partial charge is 0.496 e. The van der Waals surface area contributed by atoms with Crippen molar-refractivity contribution in [3.8, 4) is 5.75 Å². The maximum atomic E-state index is 5.16. The van der Waals surface area contributed by atoms with Crippen molar-refractivity contribution in [1.29, 1.82) is 0 Å². The quantitative estimate of drug-likeness (QED) is 0.943. The molecule has 84 valence electrons. The highest BCUT2D eigenvalue weighted by Crippen LogP contribution is 2.27. The molecule has 2 rings (SSSR count). The van der Waals surface area contributed by atoms with Crippen molar-refractivity contribution < 1.29 is 4.74 Å². The fourth-order valence-electron chi connectivity index (χ4n) is 1.23. The Labute approximate surface area is 106 Å². The minimum absolute atomic E-state index is 0.676. The molecular weight excluding hydrogens is 290 g/mol. The van der Waals surface area contributed by atoms with Gasteiger partial charge in [-0.2, -0.15) is 0 Å². The summed E-state index contributed by atoms with van der Waals surface area (Å²) in [6, 6.07) is 5.84. The Kier molecular flexibility index (Phi) is 3.74. The Hall–Kier alpha value is -1.14. The zero-order chi connectivity index (χ0) is 11.4. The SMILES string of the molecule is COc1ccc(NCc2csnn2)cc1Br. The molecule has 0 saturated heterocycles. The van der Waals surface area contributed by atoms with Gasteiger partial charge in [0, 0.05) is 11.1 Å². The fourth-order valence-corrected chi connectivity index (χ4v) is 2.22. The third-order valence-electron chi connectivity index (χ3n) is 2.03. The number of anilines is 1. The molecule has 0 aliphatic rings. The van der Waals surface area contributed by atoms with E-state index < -0.39 is 0 Å². The molecule has 0 amide bonds. The number of hydrogen-bond donors (Lipinski definition) is 1. The van der Waals surface area contributed by atoms with Crippen molar-refractivity contribution >= 4 is 33.1 Å². The number of aromatic nitrogens is 2. The topological polar surface area (TPSA) is 47.0 Å². The highest BCUT2D eigenvalue weighted by molar-refractivity contribution is 9.10. The summed E-state index contributed by atoms with van der Waals surface area (Å²) in [6.45, 7) is 0.676. The van der Waals surface area contributed by atoms with E-state index in [4.69, 9.17) is 4.74 Å². The van der Waals surface area contributed by atoms with Gasteiger partial charge in [-0.1, -0.05) is 4.49 Å². The summed E-state index contributed by atoms with van der Waals surface area (Å²) in [6.07, 6.45) is 0. The molecule has 0 spiro atoms. The number of methoxy groups -OCH3 is 1. The first-order valence-corrected chi connectivity index (χ1v) is 6.26. The van der Waals surface area contributed by atoms with Crippen LogP contribution in [0.1, 0.15) is 5.69 Å². The molecule has 1 heterocycles. The molecular formula is C10H10BrN3OS. The van der Waals surface area contributed by atoms with Crippen LogP contribution in [0, 0.1) is 0 Å². The highest BCUT2D eigenvalue weighted by atomic mass is 79.9. The van der Waals surface area contributed by atoms with Gasteiger partial charge in [-0.25, -0.2) is 0 Å². The van der Waals surface area contributed by atoms with Crippen LogP contribution in [0.4, 0.5) is 5.69 Å². The molecule has 16 heavy (non-hydrogen) atoms. The van der Waals surface area contributed by atoms with E-state index in [1.807, 2.05) is 23.6 Å². The van der Waals surface area contributed by atoms with Crippen LogP contribution in [0.15, 0.2) is 28.1 Å². The molecule has 1 aromatic carbocycles. The molecule has 6 heteroatoms. The molecule has 2 aromatic rings. The van der Waals surface area contributed by atoms with Gasteiger partial charge in [0.15, 0.2) is 0 Å². The van der Waals surface area contributed by atoms with Crippen LogP contribution < -0.4 is 10.1 Å². The average Bonchev–Trinajstić information content (AvgIpc) is 2.79. The predicted molar refractivity (Wildman–Crippen MR) is 67.9 cm³/mol. The molecule has 0 saturated carbocycles. The van der Waals surface area contributed by atoms with Gasteiger partial charge < -0.3 is 10.1 Å². The summed E-state index contributed by atoms with van der Waals surface area (Å²) in [5.74, 6) is 0.820. The molecule has 1 N–H and O–H groups in total. The van der Waals surface area contributed by atoms with Gasteiger partial charge >= 0.3 is 0 Å². The molecule has 0 unspecified atom stereocenters. The molecule has 0 bridgehead atoms. The third kappa shape index (κ3) is 2.70. The Morgan fingerprint density at radius 2 is 2.38 bits per heavy atom. The van der Waals surface area contributed by atoms with E-state index >= 15 is 0 Å². The van der Waals surface area contributed by atoms with Crippen LogP contribution in [0.2, 0.25) is 0 Å². The van der Waals surface area contributed by atoms with Crippen molar-refractivity contribution in [3.05, 3.63) is 33.7 Å². The van der Waals surface area contributed by atoms with Crippen LogP contribution in [-0.2, 0) is 6.54 Å². The lowest BCUT2D eigenvalue weighted by Gasteiger charge is -2.07. The van der Waals surface area contributed by atoms with Crippen LogP contribution >= 0.6 is 27.5 Å². The zero-order valence-electron chi connectivity index (χ0n) is 8.61. The van der Waals surface area contributed by atoms with Gasteiger partial charge in [0.2, 0.25) is 0 Å². The number of rotatable bonds is 4. The lowest BCUT2D eigenvalue weighted by Crippen LogP contribution is -1.99.